The fourth-order valence-corrected chi connectivity index (χ4v) is 4.50. The lowest BCUT2D eigenvalue weighted by Crippen LogP contribution is -2.11. The number of aliphatic carboxylic acids is 1. The van der Waals surface area contributed by atoms with Gasteiger partial charge in [-0.1, -0.05) is 12.1 Å². The average molecular weight is 451 g/mol. The van der Waals surface area contributed by atoms with Crippen molar-refractivity contribution in [3.05, 3.63) is 70.0 Å². The summed E-state index contributed by atoms with van der Waals surface area (Å²) in [5.41, 5.74) is 1.84. The molecule has 3 aromatic rings. The van der Waals surface area contributed by atoms with E-state index in [1.807, 2.05) is 0 Å². The Hall–Kier alpha value is -3.01. The molecule has 1 heterocycles. The number of carboxylic acid groups (broad SMARTS) is 1. The number of hydrogen-bond acceptors (Lipinski definition) is 5. The summed E-state index contributed by atoms with van der Waals surface area (Å²) in [6.07, 6.45) is -2.98. The Kier molecular flexibility index (Phi) is 6.59. The molecule has 0 spiro atoms. The number of hydrogen-bond donors (Lipinski definition) is 2. The minimum Gasteiger partial charge on any atom is -0.481 e. The van der Waals surface area contributed by atoms with Gasteiger partial charge in [0.1, 0.15) is 11.4 Å². The summed E-state index contributed by atoms with van der Waals surface area (Å²) >= 11 is 1.32. The van der Waals surface area contributed by atoms with Gasteiger partial charge in [-0.2, -0.15) is 28.6 Å². The number of carbonyl (C=O) groups is 1. The molecular formula is C21H20F3N3O3S. The van der Waals surface area contributed by atoms with E-state index >= 15 is 0 Å². The highest BCUT2D eigenvalue weighted by molar-refractivity contribution is 7.99. The van der Waals surface area contributed by atoms with Crippen LogP contribution < -0.4 is 4.74 Å². The second-order valence-corrected chi connectivity index (χ2v) is 8.21. The van der Waals surface area contributed by atoms with Crippen molar-refractivity contribution < 1.29 is 27.8 Å². The van der Waals surface area contributed by atoms with Gasteiger partial charge in [-0.15, -0.1) is 11.8 Å². The predicted octanol–water partition coefficient (Wildman–Crippen LogP) is 5.09. The molecule has 0 amide bonds. The first kappa shape index (κ1) is 22.7. The summed E-state index contributed by atoms with van der Waals surface area (Å²) in [5.74, 6) is -0.609. The largest absolute Gasteiger partial charge is 0.481 e. The van der Waals surface area contributed by atoms with Crippen molar-refractivity contribution in [3.8, 4) is 5.75 Å². The lowest BCUT2D eigenvalue weighted by atomic mass is 10.0. The number of thioether (sulfide) groups is 1. The van der Waals surface area contributed by atoms with Gasteiger partial charge in [0.25, 0.3) is 0 Å². The SMILES string of the molecule is Cc1ccc(C(Sc2cc(C)c(OCC(=O)O)c(C)c2)c2cn[nH]n2)cc1C(F)(F)F. The molecule has 0 aliphatic rings. The summed E-state index contributed by atoms with van der Waals surface area (Å²) in [5, 5.41) is 18.7. The topological polar surface area (TPSA) is 88.1 Å². The Morgan fingerprint density at radius 2 is 1.84 bits per heavy atom. The molecule has 0 aliphatic heterocycles. The Labute approximate surface area is 180 Å². The molecule has 31 heavy (non-hydrogen) atoms. The van der Waals surface area contributed by atoms with Crippen molar-refractivity contribution in [1.29, 1.82) is 0 Å². The van der Waals surface area contributed by atoms with Gasteiger partial charge in [0, 0.05) is 4.90 Å². The monoisotopic (exact) mass is 451 g/mol. The van der Waals surface area contributed by atoms with E-state index in [2.05, 4.69) is 15.4 Å². The van der Waals surface area contributed by atoms with E-state index in [4.69, 9.17) is 9.84 Å². The third-order valence-electron chi connectivity index (χ3n) is 4.60. The lowest BCUT2D eigenvalue weighted by molar-refractivity contribution is -0.139. The van der Waals surface area contributed by atoms with Crippen LogP contribution in [0.15, 0.2) is 41.4 Å². The number of aryl methyl sites for hydroxylation is 3. The first-order valence-corrected chi connectivity index (χ1v) is 10.1. The van der Waals surface area contributed by atoms with E-state index in [9.17, 15) is 18.0 Å². The molecule has 2 aromatic carbocycles. The van der Waals surface area contributed by atoms with Gasteiger partial charge in [-0.3, -0.25) is 0 Å². The number of H-pyrrole nitrogens is 1. The molecule has 2 N–H and O–H groups in total. The van der Waals surface area contributed by atoms with E-state index in [1.54, 1.807) is 32.0 Å². The number of nitrogens with zero attached hydrogens (tertiary/aromatic N) is 2. The van der Waals surface area contributed by atoms with Crippen LogP contribution in [0, 0.1) is 20.8 Å². The van der Waals surface area contributed by atoms with Crippen LogP contribution in [0.5, 0.6) is 5.75 Å². The highest BCUT2D eigenvalue weighted by Gasteiger charge is 2.33. The molecule has 0 saturated carbocycles. The summed E-state index contributed by atoms with van der Waals surface area (Å²) in [4.78, 5) is 11.6. The summed E-state index contributed by atoms with van der Waals surface area (Å²) in [6, 6.07) is 7.86. The molecule has 0 radical (unpaired) electrons. The zero-order valence-electron chi connectivity index (χ0n) is 16.9. The van der Waals surface area contributed by atoms with Gasteiger partial charge in [-0.05, 0) is 61.2 Å². The lowest BCUT2D eigenvalue weighted by Gasteiger charge is -2.19. The molecule has 1 unspecified atom stereocenters. The number of aromatic nitrogens is 3. The second-order valence-electron chi connectivity index (χ2n) is 7.03. The van der Waals surface area contributed by atoms with Gasteiger partial charge >= 0.3 is 12.1 Å². The van der Waals surface area contributed by atoms with Crippen LogP contribution in [-0.4, -0.2) is 33.1 Å². The summed E-state index contributed by atoms with van der Waals surface area (Å²) in [6.45, 7) is 4.53. The molecule has 0 bridgehead atoms. The Bertz CT molecular complexity index is 1060. The molecule has 6 nitrogen and oxygen atoms in total. The number of benzene rings is 2. The quantitative estimate of drug-likeness (QED) is 0.487. The maximum atomic E-state index is 13.4. The molecule has 0 fully saturated rings. The summed E-state index contributed by atoms with van der Waals surface area (Å²) in [7, 11) is 0. The molecule has 1 aromatic heterocycles. The molecule has 164 valence electrons. The molecule has 3 rings (SSSR count). The van der Waals surface area contributed by atoms with E-state index in [0.717, 1.165) is 22.1 Å². The first-order valence-electron chi connectivity index (χ1n) is 9.22. The number of ether oxygens (including phenoxy) is 1. The molecular weight excluding hydrogens is 431 g/mol. The number of rotatable bonds is 7. The maximum absolute atomic E-state index is 13.4. The maximum Gasteiger partial charge on any atom is 0.416 e. The second kappa shape index (κ2) is 9.01. The zero-order valence-corrected chi connectivity index (χ0v) is 17.8. The first-order chi connectivity index (χ1) is 14.6. The third kappa shape index (κ3) is 5.38. The number of halogens is 3. The molecule has 0 saturated heterocycles. The smallest absolute Gasteiger partial charge is 0.416 e. The van der Waals surface area contributed by atoms with Crippen LogP contribution in [0.4, 0.5) is 13.2 Å². The van der Waals surface area contributed by atoms with E-state index in [1.165, 1.54) is 30.9 Å². The van der Waals surface area contributed by atoms with Crippen LogP contribution in [0.1, 0.15) is 38.8 Å². The van der Waals surface area contributed by atoms with E-state index in [0.29, 0.717) is 17.0 Å². The van der Waals surface area contributed by atoms with Gasteiger partial charge in [-0.25, -0.2) is 4.79 Å². The van der Waals surface area contributed by atoms with Crippen molar-refractivity contribution in [2.75, 3.05) is 6.61 Å². The number of nitrogens with one attached hydrogen (secondary N) is 1. The highest BCUT2D eigenvalue weighted by atomic mass is 32.2. The average Bonchev–Trinajstić information content (AvgIpc) is 3.19. The Balaban J connectivity index is 1.98. The van der Waals surface area contributed by atoms with E-state index in [-0.39, 0.29) is 5.56 Å². The van der Waals surface area contributed by atoms with Crippen molar-refractivity contribution in [1.82, 2.24) is 15.4 Å². The van der Waals surface area contributed by atoms with Crippen LogP contribution in [0.25, 0.3) is 0 Å². The van der Waals surface area contributed by atoms with Crippen molar-refractivity contribution in [2.45, 2.75) is 37.1 Å². The minimum atomic E-state index is -4.46. The van der Waals surface area contributed by atoms with Gasteiger partial charge in [0.2, 0.25) is 0 Å². The number of alkyl halides is 3. The third-order valence-corrected chi connectivity index (χ3v) is 5.86. The standard InChI is InChI=1S/C21H20F3N3O3S/c1-11-4-5-14(8-16(11)21(22,23)24)20(17-9-25-27-26-17)31-15-6-12(2)19(13(3)7-15)30-10-18(28)29/h4-9,20H,10H2,1-3H3,(H,28,29)(H,25,26,27). The van der Waals surface area contributed by atoms with Gasteiger partial charge in [0.05, 0.1) is 17.0 Å². The minimum absolute atomic E-state index is 0.145. The number of aromatic amines is 1. The van der Waals surface area contributed by atoms with Gasteiger partial charge < -0.3 is 9.84 Å². The Morgan fingerprint density at radius 1 is 1.16 bits per heavy atom. The normalized spacial score (nSPS) is 12.6. The van der Waals surface area contributed by atoms with Gasteiger partial charge in [0.15, 0.2) is 6.61 Å². The van der Waals surface area contributed by atoms with E-state index < -0.39 is 29.6 Å². The number of carboxylic acids is 1. The summed E-state index contributed by atoms with van der Waals surface area (Å²) < 4.78 is 45.7. The predicted molar refractivity (Wildman–Crippen MR) is 109 cm³/mol. The fraction of sp³-hybridized carbons (Fsp3) is 0.286. The van der Waals surface area contributed by atoms with Crippen LogP contribution in [-0.2, 0) is 11.0 Å². The zero-order chi connectivity index (χ0) is 22.8. The van der Waals surface area contributed by atoms with Crippen molar-refractivity contribution >= 4 is 17.7 Å². The van der Waals surface area contributed by atoms with Crippen LogP contribution in [0.2, 0.25) is 0 Å². The van der Waals surface area contributed by atoms with Crippen LogP contribution >= 0.6 is 11.8 Å². The fourth-order valence-electron chi connectivity index (χ4n) is 3.22. The van der Waals surface area contributed by atoms with Crippen molar-refractivity contribution in [2.24, 2.45) is 0 Å². The molecule has 0 aliphatic carbocycles. The molecule has 1 atom stereocenters. The van der Waals surface area contributed by atoms with Crippen molar-refractivity contribution in [3.63, 3.8) is 0 Å². The van der Waals surface area contributed by atoms with Crippen LogP contribution in [0.3, 0.4) is 0 Å². The highest BCUT2D eigenvalue weighted by Crippen LogP contribution is 2.43. The molecule has 10 heteroatoms. The Morgan fingerprint density at radius 3 is 2.39 bits per heavy atom.